The summed E-state index contributed by atoms with van der Waals surface area (Å²) in [6.45, 7) is 0. The molecule has 1 heterocycles. The average molecular weight is 629 g/mol. The molecule has 3 heteroatoms. The number of nitrogens with zero attached hydrogens (tertiary/aromatic N) is 2. The van der Waals surface area contributed by atoms with Gasteiger partial charge in [0, 0.05) is 39.5 Å². The van der Waals surface area contributed by atoms with Crippen LogP contribution in [0.5, 0.6) is 0 Å². The second-order valence-corrected chi connectivity index (χ2v) is 12.2. The van der Waals surface area contributed by atoms with Crippen LogP contribution < -0.4 is 9.80 Å². The zero-order valence-electron chi connectivity index (χ0n) is 26.8. The molecular formula is C46H32N2O. The first-order chi connectivity index (χ1) is 24.3. The van der Waals surface area contributed by atoms with Crippen molar-refractivity contribution in [2.75, 3.05) is 9.80 Å². The van der Waals surface area contributed by atoms with E-state index in [1.807, 2.05) is 0 Å². The third-order valence-electron chi connectivity index (χ3n) is 9.21. The minimum absolute atomic E-state index is 0.839. The standard InChI is InChI=1S/C46H32N2O/c1-5-17-33(18-6-1)38-26-15-16-28-41(38)48(37-24-11-4-12-25-37)42-31-40-45(49-44-30-29-34-19-13-14-27-39(34)46(40)44)32-43(42)47(35-20-7-2-8-21-35)36-22-9-3-10-23-36/h1-32H. The highest BCUT2D eigenvalue weighted by Crippen LogP contribution is 2.50. The summed E-state index contributed by atoms with van der Waals surface area (Å²) in [5.74, 6) is 0. The first kappa shape index (κ1) is 28.6. The lowest BCUT2D eigenvalue weighted by molar-refractivity contribution is 0.669. The van der Waals surface area contributed by atoms with Crippen LogP contribution in [0.2, 0.25) is 0 Å². The quantitative estimate of drug-likeness (QED) is 0.175. The molecule has 0 bridgehead atoms. The van der Waals surface area contributed by atoms with E-state index in [2.05, 4.69) is 204 Å². The van der Waals surface area contributed by atoms with Crippen molar-refractivity contribution in [1.29, 1.82) is 0 Å². The number of rotatable bonds is 7. The zero-order chi connectivity index (χ0) is 32.6. The number of hydrogen-bond donors (Lipinski definition) is 0. The van der Waals surface area contributed by atoms with Crippen molar-refractivity contribution >= 4 is 66.8 Å². The van der Waals surface area contributed by atoms with Gasteiger partial charge in [0.05, 0.1) is 17.1 Å². The minimum atomic E-state index is 0.839. The van der Waals surface area contributed by atoms with Gasteiger partial charge >= 0.3 is 0 Å². The van der Waals surface area contributed by atoms with Gasteiger partial charge in [-0.3, -0.25) is 0 Å². The third kappa shape index (κ3) is 5.09. The fourth-order valence-electron chi connectivity index (χ4n) is 7.03. The Bertz CT molecular complexity index is 2500. The van der Waals surface area contributed by atoms with Crippen molar-refractivity contribution in [2.24, 2.45) is 0 Å². The summed E-state index contributed by atoms with van der Waals surface area (Å²) < 4.78 is 6.72. The molecule has 0 unspecified atom stereocenters. The van der Waals surface area contributed by atoms with Crippen LogP contribution in [0.1, 0.15) is 0 Å². The molecule has 0 radical (unpaired) electrons. The highest BCUT2D eigenvalue weighted by Gasteiger charge is 2.26. The summed E-state index contributed by atoms with van der Waals surface area (Å²) >= 11 is 0. The van der Waals surface area contributed by atoms with Gasteiger partial charge in [-0.2, -0.15) is 0 Å². The summed E-state index contributed by atoms with van der Waals surface area (Å²) in [6.07, 6.45) is 0. The van der Waals surface area contributed by atoms with Gasteiger partial charge in [0.15, 0.2) is 0 Å². The van der Waals surface area contributed by atoms with Gasteiger partial charge in [-0.05, 0) is 70.9 Å². The van der Waals surface area contributed by atoms with Gasteiger partial charge in [-0.25, -0.2) is 0 Å². The van der Waals surface area contributed by atoms with Crippen molar-refractivity contribution in [1.82, 2.24) is 0 Å². The van der Waals surface area contributed by atoms with E-state index in [4.69, 9.17) is 4.42 Å². The van der Waals surface area contributed by atoms with Gasteiger partial charge < -0.3 is 14.2 Å². The SMILES string of the molecule is c1ccc(-c2ccccc2N(c2ccccc2)c2cc3c(cc2N(c2ccccc2)c2ccccc2)oc2ccc4ccccc4c23)cc1. The molecule has 0 atom stereocenters. The Hall–Kier alpha value is -6.58. The van der Waals surface area contributed by atoms with Gasteiger partial charge in [-0.15, -0.1) is 0 Å². The summed E-state index contributed by atoms with van der Waals surface area (Å²) in [5, 5.41) is 4.56. The second-order valence-electron chi connectivity index (χ2n) is 12.2. The summed E-state index contributed by atoms with van der Waals surface area (Å²) in [5.41, 5.74) is 10.3. The predicted molar refractivity (Wildman–Crippen MR) is 206 cm³/mol. The molecule has 0 aliphatic heterocycles. The van der Waals surface area contributed by atoms with Crippen molar-refractivity contribution in [2.45, 2.75) is 0 Å². The summed E-state index contributed by atoms with van der Waals surface area (Å²) in [6, 6.07) is 68.5. The van der Waals surface area contributed by atoms with Crippen LogP contribution in [-0.2, 0) is 0 Å². The van der Waals surface area contributed by atoms with Gasteiger partial charge in [0.1, 0.15) is 11.2 Å². The van der Waals surface area contributed by atoms with E-state index in [9.17, 15) is 0 Å². The third-order valence-corrected chi connectivity index (χ3v) is 9.21. The average Bonchev–Trinajstić information content (AvgIpc) is 3.55. The molecule has 0 aliphatic carbocycles. The highest BCUT2D eigenvalue weighted by molar-refractivity contribution is 6.20. The monoisotopic (exact) mass is 628 g/mol. The van der Waals surface area contributed by atoms with E-state index < -0.39 is 0 Å². The molecule has 0 amide bonds. The molecule has 0 saturated heterocycles. The van der Waals surface area contributed by atoms with Gasteiger partial charge in [0.2, 0.25) is 0 Å². The number of hydrogen-bond acceptors (Lipinski definition) is 3. The molecule has 3 nitrogen and oxygen atoms in total. The molecular weight excluding hydrogens is 597 g/mol. The molecule has 0 N–H and O–H groups in total. The Morgan fingerprint density at radius 1 is 0.347 bits per heavy atom. The van der Waals surface area contributed by atoms with E-state index >= 15 is 0 Å². The van der Waals surface area contributed by atoms with Crippen LogP contribution >= 0.6 is 0 Å². The molecule has 0 spiro atoms. The number of fused-ring (bicyclic) bond motifs is 5. The highest BCUT2D eigenvalue weighted by atomic mass is 16.3. The number of benzene rings is 8. The maximum Gasteiger partial charge on any atom is 0.137 e. The number of para-hydroxylation sites is 4. The van der Waals surface area contributed by atoms with E-state index in [0.29, 0.717) is 0 Å². The minimum Gasteiger partial charge on any atom is -0.456 e. The van der Waals surface area contributed by atoms with E-state index in [0.717, 1.165) is 67.2 Å². The Morgan fingerprint density at radius 3 is 1.55 bits per heavy atom. The number of anilines is 6. The first-order valence-electron chi connectivity index (χ1n) is 16.6. The van der Waals surface area contributed by atoms with Gasteiger partial charge in [0.25, 0.3) is 0 Å². The van der Waals surface area contributed by atoms with Crippen LogP contribution in [0.4, 0.5) is 34.1 Å². The Morgan fingerprint density at radius 2 is 0.878 bits per heavy atom. The first-order valence-corrected chi connectivity index (χ1v) is 16.6. The van der Waals surface area contributed by atoms with E-state index in [1.165, 1.54) is 10.8 Å². The lowest BCUT2D eigenvalue weighted by atomic mass is 10.00. The number of furan rings is 1. The van der Waals surface area contributed by atoms with Crippen LogP contribution in [0.25, 0.3) is 43.8 Å². The molecule has 9 aromatic rings. The molecule has 9 rings (SSSR count). The smallest absolute Gasteiger partial charge is 0.137 e. The normalized spacial score (nSPS) is 11.3. The van der Waals surface area contributed by atoms with Crippen LogP contribution in [0, 0.1) is 0 Å². The Labute approximate surface area is 285 Å². The fourth-order valence-corrected chi connectivity index (χ4v) is 7.03. The Balaban J connectivity index is 1.43. The van der Waals surface area contributed by atoms with Crippen molar-refractivity contribution in [3.05, 3.63) is 194 Å². The molecule has 0 aliphatic rings. The zero-order valence-corrected chi connectivity index (χ0v) is 26.8. The predicted octanol–water partition coefficient (Wildman–Crippen LogP) is 13.3. The topological polar surface area (TPSA) is 19.6 Å². The maximum atomic E-state index is 6.72. The lowest BCUT2D eigenvalue weighted by Crippen LogP contribution is -2.17. The van der Waals surface area contributed by atoms with Gasteiger partial charge in [-0.1, -0.05) is 133 Å². The molecule has 0 fully saturated rings. The Kier molecular flexibility index (Phi) is 7.14. The molecule has 232 valence electrons. The van der Waals surface area contributed by atoms with Crippen molar-refractivity contribution < 1.29 is 4.42 Å². The summed E-state index contributed by atoms with van der Waals surface area (Å²) in [7, 11) is 0. The fraction of sp³-hybridized carbons (Fsp3) is 0. The molecule has 49 heavy (non-hydrogen) atoms. The van der Waals surface area contributed by atoms with Crippen LogP contribution in [0.15, 0.2) is 199 Å². The van der Waals surface area contributed by atoms with E-state index in [1.54, 1.807) is 0 Å². The van der Waals surface area contributed by atoms with Crippen molar-refractivity contribution in [3.63, 3.8) is 0 Å². The molecule has 8 aromatic carbocycles. The van der Waals surface area contributed by atoms with Crippen molar-refractivity contribution in [3.8, 4) is 11.1 Å². The van der Waals surface area contributed by atoms with E-state index in [-0.39, 0.29) is 0 Å². The second kappa shape index (κ2) is 12.2. The largest absolute Gasteiger partial charge is 0.456 e. The molecule has 0 saturated carbocycles. The summed E-state index contributed by atoms with van der Waals surface area (Å²) in [4.78, 5) is 4.74. The van der Waals surface area contributed by atoms with Crippen LogP contribution in [-0.4, -0.2) is 0 Å². The van der Waals surface area contributed by atoms with Crippen LogP contribution in [0.3, 0.4) is 0 Å². The lowest BCUT2D eigenvalue weighted by Gasteiger charge is -2.34. The maximum absolute atomic E-state index is 6.72. The molecule has 1 aromatic heterocycles.